The summed E-state index contributed by atoms with van der Waals surface area (Å²) in [6, 6.07) is 18.5. The molecular formula is C23H31NO2. The summed E-state index contributed by atoms with van der Waals surface area (Å²) in [6.07, 6.45) is 3.98. The maximum atomic E-state index is 12.0. The van der Waals surface area contributed by atoms with E-state index < -0.39 is 5.60 Å². The van der Waals surface area contributed by atoms with E-state index in [-0.39, 0.29) is 1.43 Å². The highest BCUT2D eigenvalue weighted by molar-refractivity contribution is 5.34. The Morgan fingerprint density at radius 3 is 2.42 bits per heavy atom. The number of nitrogens with zero attached hydrogens (tertiary/aromatic N) is 1. The van der Waals surface area contributed by atoms with Gasteiger partial charge in [0.1, 0.15) is 5.75 Å². The average Bonchev–Trinajstić information content (AvgIpc) is 2.73. The molecule has 3 nitrogen and oxygen atoms in total. The number of aliphatic hydroxyl groups is 1. The molecule has 0 aliphatic carbocycles. The van der Waals surface area contributed by atoms with Gasteiger partial charge >= 0.3 is 0 Å². The van der Waals surface area contributed by atoms with Gasteiger partial charge in [0.05, 0.1) is 12.7 Å². The summed E-state index contributed by atoms with van der Waals surface area (Å²) < 4.78 is 5.52. The molecule has 3 aliphatic heterocycles. The smallest absolute Gasteiger partial charge is 0.122 e. The third kappa shape index (κ3) is 3.26. The first-order valence-electron chi connectivity index (χ1n) is 9.83. The molecule has 2 atom stereocenters. The van der Waals surface area contributed by atoms with Crippen LogP contribution in [0.15, 0.2) is 54.6 Å². The predicted molar refractivity (Wildman–Crippen MR) is 106 cm³/mol. The summed E-state index contributed by atoms with van der Waals surface area (Å²) in [4.78, 5) is 2.53. The van der Waals surface area contributed by atoms with Crippen LogP contribution in [0.5, 0.6) is 5.75 Å². The maximum absolute atomic E-state index is 12.0. The second-order valence-electron chi connectivity index (χ2n) is 7.85. The van der Waals surface area contributed by atoms with Crippen LogP contribution >= 0.6 is 0 Å². The van der Waals surface area contributed by atoms with Crippen LogP contribution in [0.25, 0.3) is 0 Å². The first kappa shape index (κ1) is 17.6. The molecule has 3 fully saturated rings. The van der Waals surface area contributed by atoms with Gasteiger partial charge < -0.3 is 14.7 Å². The lowest BCUT2D eigenvalue weighted by atomic mass is 9.66. The molecule has 0 amide bonds. The first-order chi connectivity index (χ1) is 12.7. The lowest BCUT2D eigenvalue weighted by Crippen LogP contribution is -2.55. The van der Waals surface area contributed by atoms with Crippen molar-refractivity contribution in [2.45, 2.75) is 31.3 Å². The van der Waals surface area contributed by atoms with Crippen LogP contribution in [-0.2, 0) is 12.0 Å². The highest BCUT2D eigenvalue weighted by atomic mass is 16.5. The Morgan fingerprint density at radius 2 is 1.77 bits per heavy atom. The molecule has 26 heavy (non-hydrogen) atoms. The second-order valence-corrected chi connectivity index (χ2v) is 7.85. The van der Waals surface area contributed by atoms with Gasteiger partial charge in [-0.2, -0.15) is 0 Å². The van der Waals surface area contributed by atoms with Crippen LogP contribution in [0.4, 0.5) is 0 Å². The quantitative estimate of drug-likeness (QED) is 0.848. The van der Waals surface area contributed by atoms with E-state index in [9.17, 15) is 5.11 Å². The monoisotopic (exact) mass is 353 g/mol. The van der Waals surface area contributed by atoms with Crippen LogP contribution in [0.2, 0.25) is 0 Å². The molecule has 3 aliphatic rings. The van der Waals surface area contributed by atoms with Crippen molar-refractivity contribution in [3.8, 4) is 5.75 Å². The van der Waals surface area contributed by atoms with E-state index in [0.29, 0.717) is 11.8 Å². The third-order valence-electron chi connectivity index (χ3n) is 6.51. The summed E-state index contributed by atoms with van der Waals surface area (Å²) in [5.41, 5.74) is 1.45. The van der Waals surface area contributed by atoms with Gasteiger partial charge in [-0.15, -0.1) is 0 Å². The lowest BCUT2D eigenvalue weighted by Gasteiger charge is -2.51. The van der Waals surface area contributed by atoms with Crippen LogP contribution in [-0.4, -0.2) is 36.8 Å². The fourth-order valence-corrected chi connectivity index (χ4v) is 5.01. The molecular weight excluding hydrogens is 322 g/mol. The summed E-state index contributed by atoms with van der Waals surface area (Å²) in [5.74, 6) is 1.85. The Kier molecular flexibility index (Phi) is 5.01. The van der Waals surface area contributed by atoms with Crippen molar-refractivity contribution in [3.05, 3.63) is 65.7 Å². The standard InChI is InChI=1S/C23H29NO2.H2/c1-26-22-10-6-5-7-19(22)11-14-23(25,20-8-3-2-4-9-20)21-17-24-15-12-18(21)13-16-24;/h2-10,18,21,25H,11-17H2,1H3;1H. The predicted octanol–water partition coefficient (Wildman–Crippen LogP) is 4.10. The van der Waals surface area contributed by atoms with E-state index in [1.54, 1.807) is 7.11 Å². The van der Waals surface area contributed by atoms with Gasteiger partial charge in [-0.05, 0) is 61.9 Å². The Hall–Kier alpha value is -1.84. The molecule has 3 saturated heterocycles. The zero-order valence-corrected chi connectivity index (χ0v) is 15.6. The minimum absolute atomic E-state index is 0. The first-order valence-corrected chi connectivity index (χ1v) is 9.83. The van der Waals surface area contributed by atoms with E-state index in [1.807, 2.05) is 36.4 Å². The van der Waals surface area contributed by atoms with Gasteiger partial charge in [0.2, 0.25) is 0 Å². The Labute approximate surface area is 158 Å². The zero-order valence-electron chi connectivity index (χ0n) is 15.6. The highest BCUT2D eigenvalue weighted by Gasteiger charge is 2.47. The van der Waals surface area contributed by atoms with E-state index >= 15 is 0 Å². The van der Waals surface area contributed by atoms with Crippen molar-refractivity contribution < 1.29 is 11.3 Å². The Balaban J connectivity index is 0.00000210. The molecule has 0 radical (unpaired) electrons. The fourth-order valence-electron chi connectivity index (χ4n) is 5.01. The van der Waals surface area contributed by atoms with E-state index in [1.165, 1.54) is 31.5 Å². The molecule has 0 aromatic heterocycles. The molecule has 2 aromatic carbocycles. The van der Waals surface area contributed by atoms with Crippen LogP contribution < -0.4 is 4.74 Å². The molecule has 0 saturated carbocycles. The molecule has 2 unspecified atom stereocenters. The van der Waals surface area contributed by atoms with Crippen molar-refractivity contribution in [3.63, 3.8) is 0 Å². The number of rotatable bonds is 6. The van der Waals surface area contributed by atoms with Gasteiger partial charge in [0.15, 0.2) is 0 Å². The van der Waals surface area contributed by atoms with E-state index in [4.69, 9.17) is 4.74 Å². The number of benzene rings is 2. The number of methoxy groups -OCH3 is 1. The third-order valence-corrected chi connectivity index (χ3v) is 6.51. The van der Waals surface area contributed by atoms with Crippen LogP contribution in [0.3, 0.4) is 0 Å². The van der Waals surface area contributed by atoms with Crippen molar-refractivity contribution in [2.24, 2.45) is 11.8 Å². The van der Waals surface area contributed by atoms with E-state index in [2.05, 4.69) is 23.1 Å². The van der Waals surface area contributed by atoms with Gasteiger partial charge in [-0.25, -0.2) is 0 Å². The lowest BCUT2D eigenvalue weighted by molar-refractivity contribution is -0.106. The van der Waals surface area contributed by atoms with Crippen LogP contribution in [0, 0.1) is 11.8 Å². The number of hydrogen-bond donors (Lipinski definition) is 1. The molecule has 3 heteroatoms. The Bertz CT molecular complexity index is 730. The normalized spacial score (nSPS) is 27.1. The molecule has 140 valence electrons. The maximum Gasteiger partial charge on any atom is 0.122 e. The second kappa shape index (κ2) is 7.42. The summed E-state index contributed by atoms with van der Waals surface area (Å²) >= 11 is 0. The average molecular weight is 354 g/mol. The van der Waals surface area contributed by atoms with Gasteiger partial charge in [0.25, 0.3) is 0 Å². The van der Waals surface area contributed by atoms with Crippen molar-refractivity contribution in [1.82, 2.24) is 4.90 Å². The summed E-state index contributed by atoms with van der Waals surface area (Å²) in [6.45, 7) is 3.40. The number of hydrogen-bond acceptors (Lipinski definition) is 3. The number of aryl methyl sites for hydroxylation is 1. The molecule has 2 bridgehead atoms. The SMILES string of the molecule is COc1ccccc1CCC(O)(c1ccccc1)C1CN2CCC1CC2.[HH]. The minimum atomic E-state index is -0.786. The van der Waals surface area contributed by atoms with E-state index in [0.717, 1.165) is 30.7 Å². The van der Waals surface area contributed by atoms with Crippen molar-refractivity contribution in [1.29, 1.82) is 0 Å². The van der Waals surface area contributed by atoms with Gasteiger partial charge in [0, 0.05) is 13.9 Å². The minimum Gasteiger partial charge on any atom is -0.496 e. The zero-order chi connectivity index (χ0) is 18.0. The van der Waals surface area contributed by atoms with Crippen molar-refractivity contribution >= 4 is 0 Å². The number of ether oxygens (including phenoxy) is 1. The highest BCUT2D eigenvalue weighted by Crippen LogP contribution is 2.45. The topological polar surface area (TPSA) is 32.7 Å². The summed E-state index contributed by atoms with van der Waals surface area (Å²) in [7, 11) is 1.72. The molecule has 5 rings (SSSR count). The van der Waals surface area contributed by atoms with Crippen molar-refractivity contribution in [2.75, 3.05) is 26.7 Å². The number of fused-ring (bicyclic) bond motifs is 3. The molecule has 0 spiro atoms. The molecule has 1 N–H and O–H groups in total. The molecule has 3 heterocycles. The Morgan fingerprint density at radius 1 is 1.08 bits per heavy atom. The van der Waals surface area contributed by atoms with Crippen LogP contribution in [0.1, 0.15) is 31.8 Å². The summed E-state index contributed by atoms with van der Waals surface area (Å²) in [5, 5.41) is 12.0. The molecule has 2 aromatic rings. The fraction of sp³-hybridized carbons (Fsp3) is 0.478. The van der Waals surface area contributed by atoms with Gasteiger partial charge in [-0.3, -0.25) is 0 Å². The van der Waals surface area contributed by atoms with Gasteiger partial charge in [-0.1, -0.05) is 48.5 Å². The largest absolute Gasteiger partial charge is 0.496 e. The number of piperidine rings is 3. The number of para-hydroxylation sites is 1.